The predicted molar refractivity (Wildman–Crippen MR) is 50.4 cm³/mol. The van der Waals surface area contributed by atoms with Gasteiger partial charge in [-0.05, 0) is 18.4 Å². The van der Waals surface area contributed by atoms with E-state index in [0.717, 1.165) is 0 Å². The summed E-state index contributed by atoms with van der Waals surface area (Å²) in [7, 11) is 0. The van der Waals surface area contributed by atoms with Crippen LogP contribution in [0.15, 0.2) is 29.0 Å². The van der Waals surface area contributed by atoms with Gasteiger partial charge in [0.05, 0.1) is 0 Å². The first-order valence-corrected chi connectivity index (χ1v) is 3.76. The average molecular weight is 152 g/mol. The normalized spacial score (nSPS) is 12.5. The highest BCUT2D eigenvalue weighted by Crippen LogP contribution is 2.09. The zero-order valence-corrected chi connectivity index (χ0v) is 7.46. The largest absolute Gasteiger partial charge is 0.286 e. The second-order valence-corrected chi connectivity index (χ2v) is 2.59. The number of hydrogen-bond acceptors (Lipinski definition) is 2. The van der Waals surface area contributed by atoms with Crippen LogP contribution in [-0.2, 0) is 0 Å². The van der Waals surface area contributed by atoms with E-state index in [1.54, 1.807) is 0 Å². The molecule has 2 heteroatoms. The molecule has 0 aliphatic heterocycles. The van der Waals surface area contributed by atoms with Gasteiger partial charge in [-0.3, -0.25) is 5.43 Å². The van der Waals surface area contributed by atoms with Crippen molar-refractivity contribution in [1.29, 1.82) is 0 Å². The highest BCUT2D eigenvalue weighted by molar-refractivity contribution is 5.24. The van der Waals surface area contributed by atoms with Gasteiger partial charge >= 0.3 is 0 Å². The quantitative estimate of drug-likeness (QED) is 0.373. The van der Waals surface area contributed by atoms with E-state index in [9.17, 15) is 0 Å². The Morgan fingerprint density at radius 3 is 2.55 bits per heavy atom. The molecule has 1 N–H and O–H groups in total. The van der Waals surface area contributed by atoms with Crippen LogP contribution in [0.2, 0.25) is 0 Å². The van der Waals surface area contributed by atoms with Crippen LogP contribution in [0.1, 0.15) is 20.8 Å². The first-order valence-electron chi connectivity index (χ1n) is 3.76. The molecule has 0 bridgehead atoms. The molecular formula is C9H16N2. The smallest absolute Gasteiger partial charge is 0.0234 e. The van der Waals surface area contributed by atoms with Gasteiger partial charge in [0.15, 0.2) is 0 Å². The highest BCUT2D eigenvalue weighted by Gasteiger charge is 1.96. The van der Waals surface area contributed by atoms with E-state index in [2.05, 4.69) is 37.2 Å². The second-order valence-electron chi connectivity index (χ2n) is 2.59. The minimum Gasteiger partial charge on any atom is -0.286 e. The second kappa shape index (κ2) is 5.71. The Morgan fingerprint density at radius 1 is 1.55 bits per heavy atom. The molecule has 2 nitrogen and oxygen atoms in total. The summed E-state index contributed by atoms with van der Waals surface area (Å²) >= 11 is 0. The summed E-state index contributed by atoms with van der Waals surface area (Å²) in [5, 5.41) is 3.53. The van der Waals surface area contributed by atoms with E-state index in [1.165, 1.54) is 5.57 Å². The molecule has 0 spiro atoms. The standard InChI is InChI=1S/C9H16N2/c1-5-6-9(8(2)3)7-11-10-4/h5-8,11H,4H2,1-3H3/b6-5-,9-7+. The highest BCUT2D eigenvalue weighted by atomic mass is 15.3. The summed E-state index contributed by atoms with van der Waals surface area (Å²) in [5.74, 6) is 0.514. The Kier molecular flexibility index (Phi) is 5.17. The molecule has 11 heavy (non-hydrogen) atoms. The SMILES string of the molecule is C=NN/C=C(\C=C/C)C(C)C. The lowest BCUT2D eigenvalue weighted by molar-refractivity contribution is 0.774. The molecular weight excluding hydrogens is 136 g/mol. The monoisotopic (exact) mass is 152 g/mol. The molecule has 0 saturated heterocycles. The van der Waals surface area contributed by atoms with Crippen LogP contribution in [0.4, 0.5) is 0 Å². The third-order valence-corrected chi connectivity index (χ3v) is 1.35. The lowest BCUT2D eigenvalue weighted by atomic mass is 10.0. The van der Waals surface area contributed by atoms with Crippen molar-refractivity contribution >= 4 is 6.72 Å². The molecule has 0 unspecified atom stereocenters. The van der Waals surface area contributed by atoms with Gasteiger partial charge in [0.25, 0.3) is 0 Å². The van der Waals surface area contributed by atoms with Crippen molar-refractivity contribution in [3.05, 3.63) is 23.9 Å². The number of hydrazone groups is 1. The van der Waals surface area contributed by atoms with Crippen molar-refractivity contribution in [2.45, 2.75) is 20.8 Å². The molecule has 0 rings (SSSR count). The van der Waals surface area contributed by atoms with Gasteiger partial charge in [-0.25, -0.2) is 0 Å². The average Bonchev–Trinajstić information content (AvgIpc) is 1.97. The molecule has 0 aromatic carbocycles. The Morgan fingerprint density at radius 2 is 2.18 bits per heavy atom. The summed E-state index contributed by atoms with van der Waals surface area (Å²) in [6.07, 6.45) is 5.93. The van der Waals surface area contributed by atoms with Gasteiger partial charge in [0, 0.05) is 12.9 Å². The summed E-state index contributed by atoms with van der Waals surface area (Å²) in [4.78, 5) is 0. The van der Waals surface area contributed by atoms with Gasteiger partial charge in [0.1, 0.15) is 0 Å². The maximum atomic E-state index is 3.53. The van der Waals surface area contributed by atoms with E-state index in [-0.39, 0.29) is 0 Å². The minimum absolute atomic E-state index is 0.514. The van der Waals surface area contributed by atoms with Gasteiger partial charge in [-0.2, -0.15) is 5.10 Å². The van der Waals surface area contributed by atoms with Crippen LogP contribution in [0.5, 0.6) is 0 Å². The molecule has 0 amide bonds. The molecule has 0 fully saturated rings. The first kappa shape index (κ1) is 9.95. The molecule has 0 aromatic rings. The number of hydrogen-bond donors (Lipinski definition) is 1. The van der Waals surface area contributed by atoms with Crippen LogP contribution in [0.25, 0.3) is 0 Å². The van der Waals surface area contributed by atoms with E-state index in [0.29, 0.717) is 5.92 Å². The molecule has 0 radical (unpaired) electrons. The maximum absolute atomic E-state index is 3.53. The van der Waals surface area contributed by atoms with Crippen molar-refractivity contribution in [2.75, 3.05) is 0 Å². The first-order chi connectivity index (χ1) is 5.22. The van der Waals surface area contributed by atoms with Gasteiger partial charge < -0.3 is 0 Å². The number of nitrogens with one attached hydrogen (secondary N) is 1. The zero-order chi connectivity index (χ0) is 8.69. The van der Waals surface area contributed by atoms with Crippen LogP contribution in [-0.4, -0.2) is 6.72 Å². The number of rotatable bonds is 4. The molecule has 0 aromatic heterocycles. The van der Waals surface area contributed by atoms with E-state index in [4.69, 9.17) is 0 Å². The van der Waals surface area contributed by atoms with Gasteiger partial charge in [-0.15, -0.1) is 0 Å². The lowest BCUT2D eigenvalue weighted by Crippen LogP contribution is -1.98. The predicted octanol–water partition coefficient (Wildman–Crippen LogP) is 2.31. The summed E-state index contributed by atoms with van der Waals surface area (Å²) in [6, 6.07) is 0. The molecule has 0 aliphatic rings. The molecule has 0 saturated carbocycles. The molecule has 0 heterocycles. The summed E-state index contributed by atoms with van der Waals surface area (Å²) in [6.45, 7) is 9.59. The molecule has 0 atom stereocenters. The lowest BCUT2D eigenvalue weighted by Gasteiger charge is -2.04. The van der Waals surface area contributed by atoms with Crippen LogP contribution in [0.3, 0.4) is 0 Å². The summed E-state index contributed by atoms with van der Waals surface area (Å²) in [5.41, 5.74) is 3.94. The topological polar surface area (TPSA) is 24.4 Å². The Bertz CT molecular complexity index is 166. The van der Waals surface area contributed by atoms with E-state index in [1.807, 2.05) is 19.2 Å². The van der Waals surface area contributed by atoms with Crippen molar-refractivity contribution < 1.29 is 0 Å². The number of allylic oxidation sites excluding steroid dienone is 3. The van der Waals surface area contributed by atoms with Gasteiger partial charge in [0.2, 0.25) is 0 Å². The Hall–Kier alpha value is -1.05. The van der Waals surface area contributed by atoms with Crippen LogP contribution < -0.4 is 5.43 Å². The number of nitrogens with zero attached hydrogens (tertiary/aromatic N) is 1. The van der Waals surface area contributed by atoms with Crippen LogP contribution in [0, 0.1) is 5.92 Å². The third kappa shape index (κ3) is 4.37. The fourth-order valence-corrected chi connectivity index (χ4v) is 0.720. The maximum Gasteiger partial charge on any atom is 0.0234 e. The van der Waals surface area contributed by atoms with Crippen molar-refractivity contribution in [3.8, 4) is 0 Å². The van der Waals surface area contributed by atoms with Crippen LogP contribution >= 0.6 is 0 Å². The summed E-state index contributed by atoms with van der Waals surface area (Å²) < 4.78 is 0. The zero-order valence-electron chi connectivity index (χ0n) is 7.46. The van der Waals surface area contributed by atoms with Crippen molar-refractivity contribution in [2.24, 2.45) is 11.0 Å². The van der Waals surface area contributed by atoms with Crippen molar-refractivity contribution in [1.82, 2.24) is 5.43 Å². The Balaban J connectivity index is 4.19. The fraction of sp³-hybridized carbons (Fsp3) is 0.444. The Labute approximate surface area is 68.7 Å². The molecule has 0 aliphatic carbocycles. The van der Waals surface area contributed by atoms with E-state index < -0.39 is 0 Å². The van der Waals surface area contributed by atoms with E-state index >= 15 is 0 Å². The molecule has 62 valence electrons. The fourth-order valence-electron chi connectivity index (χ4n) is 0.720. The van der Waals surface area contributed by atoms with Gasteiger partial charge in [-0.1, -0.05) is 26.0 Å². The minimum atomic E-state index is 0.514. The van der Waals surface area contributed by atoms with Crippen molar-refractivity contribution in [3.63, 3.8) is 0 Å². The third-order valence-electron chi connectivity index (χ3n) is 1.35.